The van der Waals surface area contributed by atoms with Crippen LogP contribution in [0, 0.1) is 11.8 Å². The summed E-state index contributed by atoms with van der Waals surface area (Å²) < 4.78 is 18.3. The van der Waals surface area contributed by atoms with Crippen molar-refractivity contribution in [3.63, 3.8) is 0 Å². The average molecular weight is 487 g/mol. The predicted octanol–water partition coefficient (Wildman–Crippen LogP) is 3.78. The number of carbonyl (C=O) groups excluding carboxylic acids is 1. The highest BCUT2D eigenvalue weighted by atomic mass is 16.6. The lowest BCUT2D eigenvalue weighted by Gasteiger charge is -2.59. The molecule has 7 heteroatoms. The van der Waals surface area contributed by atoms with Gasteiger partial charge < -0.3 is 24.2 Å². The maximum atomic E-state index is 13.2. The van der Waals surface area contributed by atoms with Crippen LogP contribution >= 0.6 is 0 Å². The predicted molar refractivity (Wildman–Crippen MR) is 134 cm³/mol. The summed E-state index contributed by atoms with van der Waals surface area (Å²) in [5.41, 5.74) is 1.63. The summed E-state index contributed by atoms with van der Waals surface area (Å²) in [5.74, 6) is 2.14. The molecule has 1 aromatic rings. The van der Waals surface area contributed by atoms with Gasteiger partial charge in [-0.1, -0.05) is 13.8 Å². The van der Waals surface area contributed by atoms with Crippen LogP contribution in [0.1, 0.15) is 71.4 Å². The largest absolute Gasteiger partial charge is 0.504 e. The van der Waals surface area contributed by atoms with Crippen LogP contribution in [0.2, 0.25) is 0 Å². The molecule has 0 amide bonds. The number of likely N-dealkylation sites (N-methyl/N-ethyl adjacent to an activating group) is 1. The minimum absolute atomic E-state index is 0.00433. The maximum Gasteiger partial charge on any atom is 0.323 e. The number of aromatic hydroxyl groups is 1. The number of ether oxygens (including phenoxy) is 3. The second-order valence-electron chi connectivity index (χ2n) is 12.5. The smallest absolute Gasteiger partial charge is 0.323 e. The van der Waals surface area contributed by atoms with E-state index in [-0.39, 0.29) is 29.3 Å². The van der Waals surface area contributed by atoms with Crippen LogP contribution < -0.4 is 14.8 Å². The van der Waals surface area contributed by atoms with Crippen molar-refractivity contribution in [3.8, 4) is 17.2 Å². The Kier molecular flexibility index (Phi) is 6.03. The van der Waals surface area contributed by atoms with E-state index >= 15 is 0 Å². The van der Waals surface area contributed by atoms with Gasteiger partial charge in [-0.2, -0.15) is 0 Å². The maximum absolute atomic E-state index is 13.2. The lowest BCUT2D eigenvalue weighted by Crippen LogP contribution is -2.69. The number of hydrogen-bond acceptors (Lipinski definition) is 7. The van der Waals surface area contributed by atoms with Gasteiger partial charge in [0.1, 0.15) is 23.5 Å². The van der Waals surface area contributed by atoms with Crippen LogP contribution in [0.5, 0.6) is 17.2 Å². The first-order valence-corrected chi connectivity index (χ1v) is 13.3. The number of carbonyl (C=O) groups is 1. The van der Waals surface area contributed by atoms with Gasteiger partial charge in [0, 0.05) is 34.7 Å². The second-order valence-corrected chi connectivity index (χ2v) is 12.5. The van der Waals surface area contributed by atoms with E-state index in [0.29, 0.717) is 30.0 Å². The molecular formula is C28H42N2O5. The number of likely N-dealkylation sites (tertiary alicyclic amines) is 1. The molecule has 194 valence electrons. The van der Waals surface area contributed by atoms with Gasteiger partial charge >= 0.3 is 5.97 Å². The van der Waals surface area contributed by atoms with E-state index in [4.69, 9.17) is 14.2 Å². The lowest BCUT2D eigenvalue weighted by molar-refractivity contribution is -0.159. The molecule has 4 aliphatic rings. The van der Waals surface area contributed by atoms with Crippen molar-refractivity contribution in [3.05, 3.63) is 17.2 Å². The van der Waals surface area contributed by atoms with Gasteiger partial charge in [-0.05, 0) is 78.3 Å². The van der Waals surface area contributed by atoms with E-state index in [1.165, 1.54) is 5.56 Å². The first kappa shape index (κ1) is 24.7. The molecule has 2 aliphatic carbocycles. The van der Waals surface area contributed by atoms with Gasteiger partial charge in [-0.25, -0.2) is 0 Å². The highest BCUT2D eigenvalue weighted by molar-refractivity contribution is 5.76. The summed E-state index contributed by atoms with van der Waals surface area (Å²) in [7, 11) is 3.91. The molecule has 7 nitrogen and oxygen atoms in total. The Morgan fingerprint density at radius 2 is 2.09 bits per heavy atom. The molecule has 5 rings (SSSR count). The van der Waals surface area contributed by atoms with Gasteiger partial charge in [0.25, 0.3) is 0 Å². The first-order chi connectivity index (χ1) is 16.5. The molecule has 0 radical (unpaired) electrons. The molecule has 2 N–H and O–H groups in total. The monoisotopic (exact) mass is 486 g/mol. The van der Waals surface area contributed by atoms with E-state index in [1.54, 1.807) is 13.2 Å². The fourth-order valence-corrected chi connectivity index (χ4v) is 7.48. The van der Waals surface area contributed by atoms with Crippen molar-refractivity contribution in [1.82, 2.24) is 10.2 Å². The highest BCUT2D eigenvalue weighted by Gasteiger charge is 2.66. The summed E-state index contributed by atoms with van der Waals surface area (Å²) in [6.45, 7) is 11.0. The molecule has 2 fully saturated rings. The molecule has 2 aliphatic heterocycles. The van der Waals surface area contributed by atoms with Crippen molar-refractivity contribution in [1.29, 1.82) is 0 Å². The summed E-state index contributed by atoms with van der Waals surface area (Å²) in [4.78, 5) is 15.7. The van der Waals surface area contributed by atoms with Gasteiger partial charge in [-0.15, -0.1) is 0 Å². The quantitative estimate of drug-likeness (QED) is 0.592. The summed E-state index contributed by atoms with van der Waals surface area (Å²) in [6, 6.07) is 1.73. The van der Waals surface area contributed by atoms with E-state index < -0.39 is 11.6 Å². The number of esters is 1. The van der Waals surface area contributed by atoms with E-state index in [9.17, 15) is 9.90 Å². The third-order valence-corrected chi connectivity index (χ3v) is 8.72. The molecule has 1 aromatic carbocycles. The van der Waals surface area contributed by atoms with Crippen LogP contribution in [-0.4, -0.2) is 66.5 Å². The fourth-order valence-electron chi connectivity index (χ4n) is 7.48. The number of benzene rings is 1. The zero-order valence-electron chi connectivity index (χ0n) is 22.3. The van der Waals surface area contributed by atoms with Crippen molar-refractivity contribution in [2.45, 2.75) is 102 Å². The molecule has 2 bridgehead atoms. The Morgan fingerprint density at radius 3 is 2.74 bits per heavy atom. The zero-order chi connectivity index (χ0) is 25.3. The topological polar surface area (TPSA) is 80.3 Å². The summed E-state index contributed by atoms with van der Waals surface area (Å²) >= 11 is 0. The Balaban J connectivity index is 1.53. The molecule has 0 aromatic heterocycles. The Morgan fingerprint density at radius 1 is 1.34 bits per heavy atom. The number of phenols is 1. The molecule has 2 heterocycles. The molecule has 6 atom stereocenters. The molecule has 35 heavy (non-hydrogen) atoms. The molecule has 1 spiro atoms. The number of piperidine rings is 1. The average Bonchev–Trinajstić information content (AvgIpc) is 3.11. The van der Waals surface area contributed by atoms with Crippen LogP contribution in [0.4, 0.5) is 0 Å². The number of hydrogen-bond donors (Lipinski definition) is 2. The Labute approximate surface area is 209 Å². The minimum Gasteiger partial charge on any atom is -0.504 e. The minimum atomic E-state index is -0.535. The Bertz CT molecular complexity index is 1000. The van der Waals surface area contributed by atoms with E-state index in [2.05, 4.69) is 31.1 Å². The molecule has 1 saturated heterocycles. The molecular weight excluding hydrogens is 444 g/mol. The summed E-state index contributed by atoms with van der Waals surface area (Å²) in [5, 5.41) is 14.7. The zero-order valence-corrected chi connectivity index (χ0v) is 22.3. The van der Waals surface area contributed by atoms with E-state index in [0.717, 1.165) is 43.5 Å². The van der Waals surface area contributed by atoms with Gasteiger partial charge in [0.2, 0.25) is 0 Å². The fraction of sp³-hybridized carbons (Fsp3) is 0.750. The third kappa shape index (κ3) is 3.90. The van der Waals surface area contributed by atoms with Gasteiger partial charge in [-0.3, -0.25) is 10.1 Å². The van der Waals surface area contributed by atoms with Crippen molar-refractivity contribution in [2.75, 3.05) is 20.7 Å². The summed E-state index contributed by atoms with van der Waals surface area (Å²) in [6.07, 6.45) is 4.45. The highest BCUT2D eigenvalue weighted by Crippen LogP contribution is 2.65. The van der Waals surface area contributed by atoms with Gasteiger partial charge in [0.05, 0.1) is 7.11 Å². The SMILES string of the molecule is COc1cc(O)c2c3c1C[C@@H]1[C@@H]4CC[C@H](N[C@@H](CC(C)C)C(=O)OC(C)(C)C)[C@H](O2)[C@]34CCN1C. The van der Waals surface area contributed by atoms with Crippen LogP contribution in [0.25, 0.3) is 0 Å². The number of rotatable bonds is 6. The standard InChI is InChI=1S/C28H42N2O5/c1-15(2)12-19(26(32)35-27(3,4)5)29-18-9-8-17-20-13-16-22(33-7)14-21(31)24-23(16)28(17,25(18)34-24)10-11-30(20)6/h14-15,17-20,25,29,31H,8-13H2,1-7H3/t17-,18-,19-,20+,25-,28-/m0/s1. The third-order valence-electron chi connectivity index (χ3n) is 8.72. The van der Waals surface area contributed by atoms with Crippen molar-refractivity contribution < 1.29 is 24.1 Å². The number of methoxy groups -OCH3 is 1. The lowest BCUT2D eigenvalue weighted by atomic mass is 9.51. The van der Waals surface area contributed by atoms with E-state index in [1.807, 2.05) is 20.8 Å². The van der Waals surface area contributed by atoms with Crippen molar-refractivity contribution in [2.24, 2.45) is 11.8 Å². The normalized spacial score (nSPS) is 32.1. The first-order valence-electron chi connectivity index (χ1n) is 13.3. The molecule has 0 unspecified atom stereocenters. The number of phenolic OH excluding ortho intramolecular Hbond substituents is 1. The van der Waals surface area contributed by atoms with Crippen LogP contribution in [0.3, 0.4) is 0 Å². The second kappa shape index (κ2) is 8.55. The van der Waals surface area contributed by atoms with Crippen LogP contribution in [-0.2, 0) is 21.4 Å². The molecule has 1 saturated carbocycles. The van der Waals surface area contributed by atoms with Crippen molar-refractivity contribution >= 4 is 5.97 Å². The van der Waals surface area contributed by atoms with Crippen LogP contribution in [0.15, 0.2) is 6.07 Å². The Hall–Kier alpha value is -1.99. The number of nitrogens with zero attached hydrogens (tertiary/aromatic N) is 1. The van der Waals surface area contributed by atoms with Gasteiger partial charge in [0.15, 0.2) is 11.5 Å². The number of nitrogens with one attached hydrogen (secondary N) is 1.